The Balaban J connectivity index is 2.99. The van der Waals surface area contributed by atoms with Crippen LogP contribution in [-0.2, 0) is 0 Å². The number of benzene rings is 1. The molecule has 1 aromatic rings. The van der Waals surface area contributed by atoms with Crippen LogP contribution in [0, 0.1) is 19.7 Å². The molecule has 2 atom stereocenters. The fraction of sp³-hybridized carbons (Fsp3) is 0.571. The summed E-state index contributed by atoms with van der Waals surface area (Å²) in [5.74, 6) is -0.142. The van der Waals surface area contributed by atoms with Gasteiger partial charge in [0.1, 0.15) is 5.82 Å². The molecule has 0 heterocycles. The lowest BCUT2D eigenvalue weighted by atomic mass is 9.88. The van der Waals surface area contributed by atoms with Crippen molar-refractivity contribution in [1.29, 1.82) is 0 Å². The first-order valence-corrected chi connectivity index (χ1v) is 6.14. The van der Waals surface area contributed by atoms with Gasteiger partial charge in [0, 0.05) is 6.54 Å². The number of halogens is 1. The third kappa shape index (κ3) is 3.51. The minimum atomic E-state index is -0.555. The molecule has 0 spiro atoms. The van der Waals surface area contributed by atoms with E-state index in [4.69, 9.17) is 5.73 Å². The molecule has 0 radical (unpaired) electrons. The summed E-state index contributed by atoms with van der Waals surface area (Å²) >= 11 is 0. The van der Waals surface area contributed by atoms with Crippen molar-refractivity contribution in [2.24, 2.45) is 5.73 Å². The zero-order chi connectivity index (χ0) is 13.0. The van der Waals surface area contributed by atoms with E-state index in [1.807, 2.05) is 26.8 Å². The minimum Gasteiger partial charge on any atom is -0.392 e. The van der Waals surface area contributed by atoms with Crippen LogP contribution in [-0.4, -0.2) is 17.8 Å². The number of rotatable bonds is 5. The second kappa shape index (κ2) is 6.12. The van der Waals surface area contributed by atoms with Crippen LogP contribution in [0.3, 0.4) is 0 Å². The van der Waals surface area contributed by atoms with E-state index in [1.54, 1.807) is 6.07 Å². The van der Waals surface area contributed by atoms with Crippen molar-refractivity contribution in [2.45, 2.75) is 45.6 Å². The van der Waals surface area contributed by atoms with Gasteiger partial charge in [0.25, 0.3) is 0 Å². The molecule has 0 aliphatic heterocycles. The highest BCUT2D eigenvalue weighted by Crippen LogP contribution is 2.28. The van der Waals surface area contributed by atoms with Crippen molar-refractivity contribution in [3.63, 3.8) is 0 Å². The van der Waals surface area contributed by atoms with Gasteiger partial charge in [-0.05, 0) is 55.4 Å². The van der Waals surface area contributed by atoms with E-state index in [1.165, 1.54) is 0 Å². The fourth-order valence-corrected chi connectivity index (χ4v) is 2.05. The van der Waals surface area contributed by atoms with Crippen LogP contribution in [0.1, 0.15) is 42.4 Å². The Bertz CT molecular complexity index is 379. The van der Waals surface area contributed by atoms with Gasteiger partial charge in [0.15, 0.2) is 0 Å². The molecule has 0 fully saturated rings. The van der Waals surface area contributed by atoms with E-state index in [9.17, 15) is 9.50 Å². The third-order valence-corrected chi connectivity index (χ3v) is 3.37. The standard InChI is InChI=1S/C14H22FNO/c1-4-11(7-12(17)8-16)13-5-9(2)10(3)6-14(13)15/h5-6,11-12,17H,4,7-8,16H2,1-3H3. The maximum absolute atomic E-state index is 13.9. The van der Waals surface area contributed by atoms with Crippen molar-refractivity contribution in [3.05, 3.63) is 34.6 Å². The highest BCUT2D eigenvalue weighted by molar-refractivity contribution is 5.33. The smallest absolute Gasteiger partial charge is 0.126 e. The Morgan fingerprint density at radius 1 is 1.29 bits per heavy atom. The molecule has 2 nitrogen and oxygen atoms in total. The maximum atomic E-state index is 13.9. The number of aliphatic hydroxyl groups excluding tert-OH is 1. The van der Waals surface area contributed by atoms with Gasteiger partial charge in [0.2, 0.25) is 0 Å². The molecule has 96 valence electrons. The van der Waals surface area contributed by atoms with E-state index < -0.39 is 6.10 Å². The first kappa shape index (κ1) is 14.1. The third-order valence-electron chi connectivity index (χ3n) is 3.37. The normalized spacial score (nSPS) is 14.7. The number of nitrogens with two attached hydrogens (primary N) is 1. The predicted octanol–water partition coefficient (Wildman–Crippen LogP) is 2.65. The summed E-state index contributed by atoms with van der Waals surface area (Å²) in [5, 5.41) is 9.59. The van der Waals surface area contributed by atoms with E-state index in [0.717, 1.165) is 17.5 Å². The molecule has 3 N–H and O–H groups in total. The second-order valence-corrected chi connectivity index (χ2v) is 4.69. The molecule has 0 saturated carbocycles. The highest BCUT2D eigenvalue weighted by Gasteiger charge is 2.18. The summed E-state index contributed by atoms with van der Waals surface area (Å²) in [6.07, 6.45) is 0.768. The number of aryl methyl sites for hydroxylation is 2. The fourth-order valence-electron chi connectivity index (χ4n) is 2.05. The van der Waals surface area contributed by atoms with Crippen LogP contribution in [0.2, 0.25) is 0 Å². The van der Waals surface area contributed by atoms with Crippen LogP contribution in [0.25, 0.3) is 0 Å². The number of aliphatic hydroxyl groups is 1. The first-order chi connectivity index (χ1) is 7.99. The summed E-state index contributed by atoms with van der Waals surface area (Å²) in [6.45, 7) is 6.10. The molecule has 0 bridgehead atoms. The molecule has 0 amide bonds. The zero-order valence-electron chi connectivity index (χ0n) is 10.8. The van der Waals surface area contributed by atoms with Crippen LogP contribution < -0.4 is 5.73 Å². The number of hydrogen-bond acceptors (Lipinski definition) is 2. The summed E-state index contributed by atoms with van der Waals surface area (Å²) in [7, 11) is 0. The summed E-state index contributed by atoms with van der Waals surface area (Å²) in [6, 6.07) is 3.46. The molecule has 17 heavy (non-hydrogen) atoms. The quantitative estimate of drug-likeness (QED) is 0.829. The van der Waals surface area contributed by atoms with E-state index in [0.29, 0.717) is 12.0 Å². The SMILES string of the molecule is CCC(CC(O)CN)c1cc(C)c(C)cc1F. The zero-order valence-corrected chi connectivity index (χ0v) is 10.8. The molecule has 0 saturated heterocycles. The largest absolute Gasteiger partial charge is 0.392 e. The van der Waals surface area contributed by atoms with Crippen molar-refractivity contribution in [1.82, 2.24) is 0 Å². The van der Waals surface area contributed by atoms with Gasteiger partial charge in [-0.1, -0.05) is 13.0 Å². The lowest BCUT2D eigenvalue weighted by Crippen LogP contribution is -2.22. The van der Waals surface area contributed by atoms with Gasteiger partial charge in [-0.3, -0.25) is 0 Å². The number of hydrogen-bond donors (Lipinski definition) is 2. The first-order valence-electron chi connectivity index (χ1n) is 6.14. The van der Waals surface area contributed by atoms with Gasteiger partial charge in [-0.15, -0.1) is 0 Å². The Kier molecular flexibility index (Phi) is 5.09. The molecule has 3 heteroatoms. The molecule has 0 aliphatic rings. The van der Waals surface area contributed by atoms with Crippen molar-refractivity contribution >= 4 is 0 Å². The van der Waals surface area contributed by atoms with Crippen molar-refractivity contribution < 1.29 is 9.50 Å². The minimum absolute atomic E-state index is 0.0350. The van der Waals surface area contributed by atoms with E-state index in [2.05, 4.69) is 0 Å². The molecule has 1 rings (SSSR count). The topological polar surface area (TPSA) is 46.2 Å². The summed E-state index contributed by atoms with van der Waals surface area (Å²) in [4.78, 5) is 0. The van der Waals surface area contributed by atoms with Gasteiger partial charge < -0.3 is 10.8 Å². The molecule has 1 aromatic carbocycles. The predicted molar refractivity (Wildman–Crippen MR) is 68.6 cm³/mol. The van der Waals surface area contributed by atoms with Gasteiger partial charge in [0.05, 0.1) is 6.10 Å². The van der Waals surface area contributed by atoms with Gasteiger partial charge in [-0.25, -0.2) is 4.39 Å². The average Bonchev–Trinajstić information content (AvgIpc) is 2.30. The highest BCUT2D eigenvalue weighted by atomic mass is 19.1. The van der Waals surface area contributed by atoms with Gasteiger partial charge in [-0.2, -0.15) is 0 Å². The second-order valence-electron chi connectivity index (χ2n) is 4.69. The Labute approximate surface area is 103 Å². The molecular weight excluding hydrogens is 217 g/mol. The van der Waals surface area contributed by atoms with E-state index in [-0.39, 0.29) is 18.3 Å². The molecule has 0 aliphatic carbocycles. The molecule has 2 unspecified atom stereocenters. The van der Waals surface area contributed by atoms with Crippen LogP contribution in [0.15, 0.2) is 12.1 Å². The molecule has 0 aromatic heterocycles. The average molecular weight is 239 g/mol. The maximum Gasteiger partial charge on any atom is 0.126 e. The lowest BCUT2D eigenvalue weighted by Gasteiger charge is -2.20. The van der Waals surface area contributed by atoms with Crippen molar-refractivity contribution in [2.75, 3.05) is 6.54 Å². The summed E-state index contributed by atoms with van der Waals surface area (Å²) in [5.41, 5.74) is 8.14. The Hall–Kier alpha value is -0.930. The van der Waals surface area contributed by atoms with Gasteiger partial charge >= 0.3 is 0 Å². The lowest BCUT2D eigenvalue weighted by molar-refractivity contribution is 0.161. The summed E-state index contributed by atoms with van der Waals surface area (Å²) < 4.78 is 13.9. The van der Waals surface area contributed by atoms with Crippen LogP contribution >= 0.6 is 0 Å². The van der Waals surface area contributed by atoms with Crippen molar-refractivity contribution in [3.8, 4) is 0 Å². The van der Waals surface area contributed by atoms with Crippen LogP contribution in [0.5, 0.6) is 0 Å². The Morgan fingerprint density at radius 3 is 2.41 bits per heavy atom. The van der Waals surface area contributed by atoms with Crippen LogP contribution in [0.4, 0.5) is 4.39 Å². The molecular formula is C14H22FNO. The monoisotopic (exact) mass is 239 g/mol. The Morgan fingerprint density at radius 2 is 1.88 bits per heavy atom. The van der Waals surface area contributed by atoms with E-state index >= 15 is 0 Å².